The number of hydrogen-bond donors (Lipinski definition) is 3. The van der Waals surface area contributed by atoms with Crippen molar-refractivity contribution in [1.82, 2.24) is 21.5 Å². The summed E-state index contributed by atoms with van der Waals surface area (Å²) in [6.45, 7) is -1.24. The summed E-state index contributed by atoms with van der Waals surface area (Å²) in [6.07, 6.45) is -4.34. The molecule has 0 radical (unpaired) electrons. The van der Waals surface area contributed by atoms with E-state index in [1.54, 1.807) is 0 Å². The molecule has 1 rings (SSSR count). The predicted molar refractivity (Wildman–Crippen MR) is 27.6 cm³/mol. The summed E-state index contributed by atoms with van der Waals surface area (Å²) in [4.78, 5) is 10.2. The van der Waals surface area contributed by atoms with Gasteiger partial charge in [-0.3, -0.25) is 10.9 Å². The van der Waals surface area contributed by atoms with Crippen molar-refractivity contribution in [3.63, 3.8) is 0 Å². The first-order valence-corrected chi connectivity index (χ1v) is 2.64. The maximum Gasteiger partial charge on any atom is 0.404 e. The molecule has 0 unspecified atom stereocenters. The molecule has 0 aromatic carbocycles. The number of halogens is 3. The number of carbonyl (C=O) groups is 1. The Morgan fingerprint density at radius 3 is 2.45 bits per heavy atom. The van der Waals surface area contributed by atoms with Gasteiger partial charge in [0.2, 0.25) is 0 Å². The van der Waals surface area contributed by atoms with Crippen LogP contribution >= 0.6 is 0 Å². The average molecular weight is 170 g/mol. The molecule has 0 saturated carbocycles. The number of alkyl halides is 3. The van der Waals surface area contributed by atoms with Crippen LogP contribution in [0.4, 0.5) is 18.0 Å². The topological polar surface area (TPSA) is 56.4 Å². The minimum atomic E-state index is -4.34. The summed E-state index contributed by atoms with van der Waals surface area (Å²) in [5, 5.41) is 0.502. The third kappa shape index (κ3) is 2.60. The van der Waals surface area contributed by atoms with Crippen molar-refractivity contribution in [3.05, 3.63) is 0 Å². The molecule has 0 bridgehead atoms. The van der Waals surface area contributed by atoms with Gasteiger partial charge in [-0.2, -0.15) is 13.2 Å². The van der Waals surface area contributed by atoms with Crippen molar-refractivity contribution in [2.24, 2.45) is 0 Å². The van der Waals surface area contributed by atoms with Gasteiger partial charge in [-0.15, -0.1) is 10.7 Å². The van der Waals surface area contributed by atoms with Gasteiger partial charge in [0.15, 0.2) is 0 Å². The number of urea groups is 1. The van der Waals surface area contributed by atoms with Crippen molar-refractivity contribution in [2.45, 2.75) is 6.18 Å². The molecule has 1 fully saturated rings. The van der Waals surface area contributed by atoms with Crippen molar-refractivity contribution in [3.8, 4) is 0 Å². The number of rotatable bonds is 1. The van der Waals surface area contributed by atoms with Gasteiger partial charge in [0, 0.05) is 0 Å². The van der Waals surface area contributed by atoms with Crippen molar-refractivity contribution in [2.75, 3.05) is 6.54 Å². The first-order chi connectivity index (χ1) is 4.97. The molecule has 0 atom stereocenters. The van der Waals surface area contributed by atoms with E-state index in [0.29, 0.717) is 5.12 Å². The zero-order valence-electron chi connectivity index (χ0n) is 5.20. The summed E-state index contributed by atoms with van der Waals surface area (Å²) in [6, 6.07) is -0.714. The van der Waals surface area contributed by atoms with Crippen LogP contribution in [-0.4, -0.2) is 23.9 Å². The Kier molecular flexibility index (Phi) is 1.87. The second-order valence-corrected chi connectivity index (χ2v) is 1.88. The molecular formula is C3H5F3N4O. The molecule has 0 aromatic rings. The lowest BCUT2D eigenvalue weighted by molar-refractivity contribution is -0.155. The van der Waals surface area contributed by atoms with E-state index in [9.17, 15) is 18.0 Å². The monoisotopic (exact) mass is 170 g/mol. The zero-order chi connectivity index (χ0) is 8.48. The Morgan fingerprint density at radius 1 is 1.45 bits per heavy atom. The minimum Gasteiger partial charge on any atom is -0.257 e. The molecule has 1 heterocycles. The largest absolute Gasteiger partial charge is 0.404 e. The van der Waals surface area contributed by atoms with Gasteiger partial charge >= 0.3 is 12.2 Å². The summed E-state index contributed by atoms with van der Waals surface area (Å²) >= 11 is 0. The Labute approximate surface area is 59.4 Å². The van der Waals surface area contributed by atoms with Crippen molar-refractivity contribution < 1.29 is 18.0 Å². The van der Waals surface area contributed by atoms with Gasteiger partial charge < -0.3 is 0 Å². The van der Waals surface area contributed by atoms with Crippen LogP contribution in [0.3, 0.4) is 0 Å². The molecule has 0 aromatic heterocycles. The fourth-order valence-electron chi connectivity index (χ4n) is 0.555. The van der Waals surface area contributed by atoms with Crippen LogP contribution in [0.2, 0.25) is 0 Å². The van der Waals surface area contributed by atoms with E-state index >= 15 is 0 Å². The number of carbonyl (C=O) groups excluding carboxylic acids is 1. The highest BCUT2D eigenvalue weighted by Crippen LogP contribution is 2.14. The minimum absolute atomic E-state index is 0.502. The maximum absolute atomic E-state index is 11.6. The van der Waals surface area contributed by atoms with Crippen LogP contribution in [0.1, 0.15) is 0 Å². The van der Waals surface area contributed by atoms with Gasteiger partial charge in [0.1, 0.15) is 6.54 Å². The number of nitrogens with one attached hydrogen (secondary N) is 3. The van der Waals surface area contributed by atoms with Crippen LogP contribution in [-0.2, 0) is 0 Å². The Bertz CT molecular complexity index is 168. The van der Waals surface area contributed by atoms with E-state index < -0.39 is 18.8 Å². The van der Waals surface area contributed by atoms with Crippen molar-refractivity contribution >= 4 is 6.03 Å². The summed E-state index contributed by atoms with van der Waals surface area (Å²) < 4.78 is 34.7. The highest BCUT2D eigenvalue weighted by molar-refractivity contribution is 5.73. The fraction of sp³-hybridized carbons (Fsp3) is 0.667. The molecule has 64 valence electrons. The molecule has 3 N–H and O–H groups in total. The lowest BCUT2D eigenvalue weighted by atomic mass is 10.6. The quantitative estimate of drug-likeness (QED) is 0.497. The predicted octanol–water partition coefficient (Wildman–Crippen LogP) is -0.502. The van der Waals surface area contributed by atoms with E-state index in [1.807, 2.05) is 16.4 Å². The first kappa shape index (κ1) is 8.08. The molecule has 8 heteroatoms. The summed E-state index contributed by atoms with van der Waals surface area (Å²) in [7, 11) is 0. The summed E-state index contributed by atoms with van der Waals surface area (Å²) in [5.74, 6) is 0. The van der Waals surface area contributed by atoms with E-state index in [4.69, 9.17) is 0 Å². The van der Waals surface area contributed by atoms with Gasteiger partial charge in [-0.05, 0) is 0 Å². The van der Waals surface area contributed by atoms with Crippen LogP contribution in [0.15, 0.2) is 0 Å². The normalized spacial score (nSPS) is 19.7. The zero-order valence-corrected chi connectivity index (χ0v) is 5.20. The van der Waals surface area contributed by atoms with E-state index in [1.165, 1.54) is 0 Å². The molecule has 11 heavy (non-hydrogen) atoms. The maximum atomic E-state index is 11.6. The molecule has 0 aliphatic carbocycles. The second-order valence-electron chi connectivity index (χ2n) is 1.88. The van der Waals surface area contributed by atoms with Gasteiger partial charge in [-0.1, -0.05) is 0 Å². The Hall–Kier alpha value is -1.02. The highest BCUT2D eigenvalue weighted by Gasteiger charge is 2.33. The van der Waals surface area contributed by atoms with E-state index in [-0.39, 0.29) is 0 Å². The molecule has 5 nitrogen and oxygen atoms in total. The lowest BCUT2D eigenvalue weighted by Crippen LogP contribution is -2.46. The molecule has 2 amide bonds. The molecule has 1 aliphatic heterocycles. The fourth-order valence-corrected chi connectivity index (χ4v) is 0.555. The Balaban J connectivity index is 2.34. The average Bonchev–Trinajstić information content (AvgIpc) is 2.10. The van der Waals surface area contributed by atoms with Crippen LogP contribution in [0, 0.1) is 0 Å². The molecule has 0 spiro atoms. The SMILES string of the molecule is O=C1NNN(CC(F)(F)F)N1. The first-order valence-electron chi connectivity index (χ1n) is 2.64. The lowest BCUT2D eigenvalue weighted by Gasteiger charge is -2.14. The van der Waals surface area contributed by atoms with E-state index in [0.717, 1.165) is 0 Å². The third-order valence-corrected chi connectivity index (χ3v) is 0.878. The Morgan fingerprint density at radius 2 is 2.09 bits per heavy atom. The number of nitrogens with zero attached hydrogens (tertiary/aromatic N) is 1. The highest BCUT2D eigenvalue weighted by atomic mass is 19.4. The molecule has 1 saturated heterocycles. The number of hydrazine groups is 3. The van der Waals surface area contributed by atoms with Crippen LogP contribution < -0.4 is 16.4 Å². The van der Waals surface area contributed by atoms with Gasteiger partial charge in [-0.25, -0.2) is 4.79 Å². The van der Waals surface area contributed by atoms with Gasteiger partial charge in [0.05, 0.1) is 0 Å². The van der Waals surface area contributed by atoms with Crippen LogP contribution in [0.25, 0.3) is 0 Å². The van der Waals surface area contributed by atoms with E-state index in [2.05, 4.69) is 0 Å². The van der Waals surface area contributed by atoms with Crippen LogP contribution in [0.5, 0.6) is 0 Å². The molecular weight excluding hydrogens is 165 g/mol. The third-order valence-electron chi connectivity index (χ3n) is 0.878. The smallest absolute Gasteiger partial charge is 0.257 e. The number of amides is 2. The number of hydrogen-bond acceptors (Lipinski definition) is 3. The van der Waals surface area contributed by atoms with Gasteiger partial charge in [0.25, 0.3) is 0 Å². The molecule has 1 aliphatic rings. The summed E-state index contributed by atoms with van der Waals surface area (Å²) in [5.41, 5.74) is 5.75. The van der Waals surface area contributed by atoms with Crippen molar-refractivity contribution in [1.29, 1.82) is 0 Å². The second kappa shape index (κ2) is 2.55. The standard InChI is InChI=1S/C3H5F3N4O/c4-3(5,6)1-10-8-2(11)7-9-10/h9H,1H2,(H2,7,8,11).